The maximum Gasteiger partial charge on any atom is 0.253 e. The van der Waals surface area contributed by atoms with Crippen molar-refractivity contribution in [3.05, 3.63) is 77.6 Å². The molecule has 0 radical (unpaired) electrons. The molecule has 1 amide bonds. The summed E-state index contributed by atoms with van der Waals surface area (Å²) in [7, 11) is -3.55. The quantitative estimate of drug-likeness (QED) is 0.613. The number of carbonyl (C=O) groups excluding carboxylic acids is 1. The van der Waals surface area contributed by atoms with Gasteiger partial charge in [-0.3, -0.25) is 4.79 Å². The van der Waals surface area contributed by atoms with Gasteiger partial charge in [-0.1, -0.05) is 6.07 Å². The molecule has 1 fully saturated rings. The molecule has 0 saturated carbocycles. The summed E-state index contributed by atoms with van der Waals surface area (Å²) in [5.74, 6) is -0.0807. The minimum absolute atomic E-state index is 0.0807. The largest absolute Gasteiger partial charge is 0.336 e. The molecular weight excluding hydrogens is 424 g/mol. The van der Waals surface area contributed by atoms with Crippen LogP contribution in [0.4, 0.5) is 0 Å². The van der Waals surface area contributed by atoms with Crippen LogP contribution >= 0.6 is 0 Å². The molecule has 2 aromatic carbocycles. The first kappa shape index (κ1) is 20.9. The zero-order valence-corrected chi connectivity index (χ0v) is 18.7. The molecular formula is C24H26N4O3S. The molecule has 166 valence electrons. The van der Waals surface area contributed by atoms with Crippen LogP contribution in [-0.4, -0.2) is 59.5 Å². The van der Waals surface area contributed by atoms with Crippen molar-refractivity contribution in [1.29, 1.82) is 0 Å². The van der Waals surface area contributed by atoms with Gasteiger partial charge >= 0.3 is 0 Å². The number of sulfonamides is 1. The average Bonchev–Trinajstić information content (AvgIpc) is 3.38. The van der Waals surface area contributed by atoms with Gasteiger partial charge in [0, 0.05) is 44.1 Å². The molecule has 2 aliphatic rings. The van der Waals surface area contributed by atoms with E-state index in [4.69, 9.17) is 0 Å². The van der Waals surface area contributed by atoms with Gasteiger partial charge in [0.25, 0.3) is 5.91 Å². The van der Waals surface area contributed by atoms with E-state index in [1.165, 1.54) is 16.3 Å². The lowest BCUT2D eigenvalue weighted by Crippen LogP contribution is -2.50. The lowest BCUT2D eigenvalue weighted by atomic mass is 9.92. The van der Waals surface area contributed by atoms with Gasteiger partial charge in [-0.15, -0.1) is 0 Å². The summed E-state index contributed by atoms with van der Waals surface area (Å²) in [5.41, 5.74) is 3.90. The molecule has 5 rings (SSSR count). The molecule has 0 spiro atoms. The first-order chi connectivity index (χ1) is 15.5. The van der Waals surface area contributed by atoms with Crippen LogP contribution in [0, 0.1) is 0 Å². The Labute approximate surface area is 188 Å². The number of nitrogens with zero attached hydrogens (tertiary/aromatic N) is 4. The van der Waals surface area contributed by atoms with E-state index in [1.807, 2.05) is 36.5 Å². The monoisotopic (exact) mass is 450 g/mol. The predicted molar refractivity (Wildman–Crippen MR) is 121 cm³/mol. The fraction of sp³-hybridized carbons (Fsp3) is 0.333. The molecule has 0 unspecified atom stereocenters. The third-order valence-electron chi connectivity index (χ3n) is 6.37. The van der Waals surface area contributed by atoms with Crippen molar-refractivity contribution in [3.8, 4) is 5.69 Å². The number of aryl methyl sites for hydroxylation is 2. The van der Waals surface area contributed by atoms with Gasteiger partial charge in [-0.2, -0.15) is 9.40 Å². The Balaban J connectivity index is 1.25. The topological polar surface area (TPSA) is 75.5 Å². The molecule has 2 heterocycles. The van der Waals surface area contributed by atoms with Crippen LogP contribution in [-0.2, 0) is 22.9 Å². The fourth-order valence-electron chi connectivity index (χ4n) is 4.51. The van der Waals surface area contributed by atoms with Gasteiger partial charge in [0.15, 0.2) is 0 Å². The molecule has 1 aliphatic carbocycles. The van der Waals surface area contributed by atoms with E-state index < -0.39 is 10.0 Å². The molecule has 32 heavy (non-hydrogen) atoms. The Morgan fingerprint density at radius 3 is 2.28 bits per heavy atom. The van der Waals surface area contributed by atoms with Gasteiger partial charge in [0.1, 0.15) is 0 Å². The Hall–Kier alpha value is -2.97. The Kier molecular flexibility index (Phi) is 5.57. The van der Waals surface area contributed by atoms with Crippen molar-refractivity contribution in [1.82, 2.24) is 19.0 Å². The number of aromatic nitrogens is 2. The lowest BCUT2D eigenvalue weighted by molar-refractivity contribution is 0.0698. The average molecular weight is 451 g/mol. The minimum atomic E-state index is -3.55. The minimum Gasteiger partial charge on any atom is -0.336 e. The first-order valence-corrected chi connectivity index (χ1v) is 12.5. The Morgan fingerprint density at radius 1 is 0.875 bits per heavy atom. The fourth-order valence-corrected chi connectivity index (χ4v) is 5.99. The number of amides is 1. The molecule has 3 aromatic rings. The van der Waals surface area contributed by atoms with Gasteiger partial charge in [0.05, 0.1) is 10.6 Å². The van der Waals surface area contributed by atoms with E-state index in [2.05, 4.69) is 5.10 Å². The van der Waals surface area contributed by atoms with Gasteiger partial charge < -0.3 is 4.90 Å². The van der Waals surface area contributed by atoms with Gasteiger partial charge in [-0.25, -0.2) is 13.1 Å². The van der Waals surface area contributed by atoms with Crippen LogP contribution in [0.3, 0.4) is 0 Å². The standard InChI is InChI=1S/C24H26N4O3S/c29-24(20-6-9-22(10-7-20)28-13-3-12-25-28)26-14-16-27(17-15-26)32(30,31)23-11-8-19-4-1-2-5-21(19)18-23/h3,6-13,18H,1-2,4-5,14-17H2. The predicted octanol–water partition coefficient (Wildman–Crippen LogP) is 2.90. The molecule has 1 saturated heterocycles. The molecule has 8 heteroatoms. The zero-order chi connectivity index (χ0) is 22.1. The van der Waals surface area contributed by atoms with E-state index in [1.54, 1.807) is 34.0 Å². The first-order valence-electron chi connectivity index (χ1n) is 11.0. The number of rotatable bonds is 4. The highest BCUT2D eigenvalue weighted by molar-refractivity contribution is 7.89. The van der Waals surface area contributed by atoms with Crippen molar-refractivity contribution < 1.29 is 13.2 Å². The maximum atomic E-state index is 13.2. The molecule has 1 aliphatic heterocycles. The number of fused-ring (bicyclic) bond motifs is 1. The normalized spacial score (nSPS) is 17.2. The van der Waals surface area contributed by atoms with Crippen molar-refractivity contribution in [3.63, 3.8) is 0 Å². The van der Waals surface area contributed by atoms with Crippen molar-refractivity contribution in [2.45, 2.75) is 30.6 Å². The third-order valence-corrected chi connectivity index (χ3v) is 8.26. The highest BCUT2D eigenvalue weighted by Crippen LogP contribution is 2.26. The van der Waals surface area contributed by atoms with E-state index in [0.717, 1.165) is 30.5 Å². The number of hydrogen-bond acceptors (Lipinski definition) is 4. The van der Waals surface area contributed by atoms with Crippen molar-refractivity contribution in [2.24, 2.45) is 0 Å². The van der Waals surface area contributed by atoms with Crippen molar-refractivity contribution >= 4 is 15.9 Å². The second-order valence-corrected chi connectivity index (χ2v) is 10.3. The molecule has 7 nitrogen and oxygen atoms in total. The summed E-state index contributed by atoms with van der Waals surface area (Å²) < 4.78 is 29.6. The van der Waals surface area contributed by atoms with Crippen LogP contribution < -0.4 is 0 Å². The van der Waals surface area contributed by atoms with E-state index in [0.29, 0.717) is 36.6 Å². The molecule has 0 N–H and O–H groups in total. The maximum absolute atomic E-state index is 13.2. The smallest absolute Gasteiger partial charge is 0.253 e. The molecule has 1 aromatic heterocycles. The van der Waals surface area contributed by atoms with Crippen LogP contribution in [0.5, 0.6) is 0 Å². The summed E-state index contributed by atoms with van der Waals surface area (Å²) in [6.07, 6.45) is 7.80. The van der Waals surface area contributed by atoms with Crippen molar-refractivity contribution in [2.75, 3.05) is 26.2 Å². The lowest BCUT2D eigenvalue weighted by Gasteiger charge is -2.34. The second-order valence-electron chi connectivity index (χ2n) is 8.33. The third kappa shape index (κ3) is 3.96. The number of hydrogen-bond donors (Lipinski definition) is 0. The van der Waals surface area contributed by atoms with Crippen LogP contribution in [0.2, 0.25) is 0 Å². The van der Waals surface area contributed by atoms with Gasteiger partial charge in [-0.05, 0) is 79.3 Å². The van der Waals surface area contributed by atoms with E-state index in [9.17, 15) is 13.2 Å². The molecule has 0 bridgehead atoms. The Morgan fingerprint density at radius 2 is 1.59 bits per heavy atom. The highest BCUT2D eigenvalue weighted by Gasteiger charge is 2.31. The summed E-state index contributed by atoms with van der Waals surface area (Å²) in [6, 6.07) is 14.7. The van der Waals surface area contributed by atoms with E-state index >= 15 is 0 Å². The van der Waals surface area contributed by atoms with Crippen LogP contribution in [0.1, 0.15) is 34.3 Å². The van der Waals surface area contributed by atoms with E-state index in [-0.39, 0.29) is 5.91 Å². The van der Waals surface area contributed by atoms with Crippen LogP contribution in [0.25, 0.3) is 5.69 Å². The summed E-state index contributed by atoms with van der Waals surface area (Å²) in [6.45, 7) is 1.36. The van der Waals surface area contributed by atoms with Crippen LogP contribution in [0.15, 0.2) is 65.8 Å². The summed E-state index contributed by atoms with van der Waals surface area (Å²) in [4.78, 5) is 15.0. The Bertz CT molecular complexity index is 1210. The summed E-state index contributed by atoms with van der Waals surface area (Å²) in [5, 5.41) is 4.19. The number of benzene rings is 2. The highest BCUT2D eigenvalue weighted by atomic mass is 32.2. The number of piperazine rings is 1. The SMILES string of the molecule is O=C(c1ccc(-n2cccn2)cc1)N1CCN(S(=O)(=O)c2ccc3c(c2)CCCC3)CC1. The second kappa shape index (κ2) is 8.52. The zero-order valence-electron chi connectivity index (χ0n) is 17.9. The van der Waals surface area contributed by atoms with Gasteiger partial charge in [0.2, 0.25) is 10.0 Å². The number of carbonyl (C=O) groups is 1. The molecule has 0 atom stereocenters. The summed E-state index contributed by atoms with van der Waals surface area (Å²) >= 11 is 0.